The first kappa shape index (κ1) is 18.8. The molecule has 0 spiro atoms. The fourth-order valence-corrected chi connectivity index (χ4v) is 3.10. The smallest absolute Gasteiger partial charge is 0.328 e. The zero-order valence-corrected chi connectivity index (χ0v) is 15.2. The molecule has 0 bridgehead atoms. The van der Waals surface area contributed by atoms with Crippen molar-refractivity contribution < 1.29 is 13.6 Å². The van der Waals surface area contributed by atoms with E-state index in [9.17, 15) is 23.2 Å². The summed E-state index contributed by atoms with van der Waals surface area (Å²) in [6.07, 6.45) is 1.41. The first-order valence-corrected chi connectivity index (χ1v) is 8.61. The van der Waals surface area contributed by atoms with Crippen LogP contribution in [0.1, 0.15) is 0 Å². The number of rotatable bonds is 5. The summed E-state index contributed by atoms with van der Waals surface area (Å²) in [5.41, 5.74) is -0.475. The highest BCUT2D eigenvalue weighted by atomic mass is 32.2. The normalized spacial score (nSPS) is 11.3. The first-order chi connectivity index (χ1) is 12.8. The van der Waals surface area contributed by atoms with Crippen molar-refractivity contribution in [2.45, 2.75) is 17.2 Å². The standard InChI is InChI=1S/C16H15F2N5O3S/c1-21-8-19-13-12(21)14(25)23(16(26)22(13)2)7-11(24)20-9-3-5-10(6-4-9)27-15(17)18/h3-6,8,15H,7H2,1-2H3,(H,20,24). The average molecular weight is 395 g/mol. The molecule has 1 aromatic carbocycles. The Hall–Kier alpha value is -2.95. The molecular formula is C16H15F2N5O3S. The van der Waals surface area contributed by atoms with Gasteiger partial charge in [0.15, 0.2) is 11.2 Å². The minimum atomic E-state index is -2.53. The number of halogens is 2. The highest BCUT2D eigenvalue weighted by Crippen LogP contribution is 2.26. The second-order valence-corrected chi connectivity index (χ2v) is 6.78. The SMILES string of the molecule is Cn1cnc2c1c(=O)n(CC(=O)Nc1ccc(SC(F)F)cc1)c(=O)n2C. The lowest BCUT2D eigenvalue weighted by atomic mass is 10.3. The average Bonchev–Trinajstić information content (AvgIpc) is 3.00. The monoisotopic (exact) mass is 395 g/mol. The molecule has 1 amide bonds. The maximum atomic E-state index is 12.6. The first-order valence-electron chi connectivity index (χ1n) is 7.73. The number of hydrogen-bond donors (Lipinski definition) is 1. The summed E-state index contributed by atoms with van der Waals surface area (Å²) in [5, 5.41) is 2.54. The van der Waals surface area contributed by atoms with Crippen LogP contribution in [0.4, 0.5) is 14.5 Å². The van der Waals surface area contributed by atoms with Crippen LogP contribution in [0.5, 0.6) is 0 Å². The van der Waals surface area contributed by atoms with Crippen molar-refractivity contribution >= 4 is 34.5 Å². The summed E-state index contributed by atoms with van der Waals surface area (Å²) in [7, 11) is 3.08. The molecular weight excluding hydrogens is 380 g/mol. The fraction of sp³-hybridized carbons (Fsp3) is 0.250. The molecule has 1 N–H and O–H groups in total. The number of imidazole rings is 1. The van der Waals surface area contributed by atoms with Crippen LogP contribution in [-0.4, -0.2) is 30.3 Å². The van der Waals surface area contributed by atoms with E-state index >= 15 is 0 Å². The van der Waals surface area contributed by atoms with Crippen LogP contribution in [0.25, 0.3) is 11.2 Å². The molecule has 11 heteroatoms. The van der Waals surface area contributed by atoms with Gasteiger partial charge in [-0.3, -0.25) is 14.2 Å². The molecule has 3 rings (SSSR count). The van der Waals surface area contributed by atoms with Gasteiger partial charge in [-0.15, -0.1) is 0 Å². The Bertz CT molecular complexity index is 1120. The Labute approximate surface area is 155 Å². The van der Waals surface area contributed by atoms with E-state index in [4.69, 9.17) is 0 Å². The summed E-state index contributed by atoms with van der Waals surface area (Å²) < 4.78 is 28.1. The number of alkyl halides is 2. The number of aryl methyl sites for hydroxylation is 2. The van der Waals surface area contributed by atoms with Gasteiger partial charge in [0.05, 0.1) is 6.33 Å². The third-order valence-electron chi connectivity index (χ3n) is 3.87. The number of nitrogens with zero attached hydrogens (tertiary/aromatic N) is 4. The van der Waals surface area contributed by atoms with Crippen LogP contribution < -0.4 is 16.6 Å². The number of aromatic nitrogens is 4. The minimum absolute atomic E-state index is 0.207. The molecule has 0 aliphatic rings. The number of amides is 1. The Morgan fingerprint density at radius 2 is 1.89 bits per heavy atom. The third kappa shape index (κ3) is 3.77. The molecule has 142 valence electrons. The zero-order chi connectivity index (χ0) is 19.7. The maximum Gasteiger partial charge on any atom is 0.332 e. The van der Waals surface area contributed by atoms with Gasteiger partial charge < -0.3 is 9.88 Å². The largest absolute Gasteiger partial charge is 0.332 e. The molecule has 2 aromatic heterocycles. The Kier molecular flexibility index (Phi) is 5.13. The lowest BCUT2D eigenvalue weighted by Crippen LogP contribution is -2.42. The molecule has 3 aromatic rings. The van der Waals surface area contributed by atoms with Crippen LogP contribution in [0.3, 0.4) is 0 Å². The zero-order valence-electron chi connectivity index (χ0n) is 14.3. The molecule has 0 radical (unpaired) electrons. The second-order valence-electron chi connectivity index (χ2n) is 5.71. The van der Waals surface area contributed by atoms with Crippen molar-refractivity contribution in [3.63, 3.8) is 0 Å². The molecule has 27 heavy (non-hydrogen) atoms. The van der Waals surface area contributed by atoms with E-state index in [1.54, 1.807) is 7.05 Å². The number of fused-ring (bicyclic) bond motifs is 1. The van der Waals surface area contributed by atoms with Crippen molar-refractivity contribution in [3.05, 3.63) is 51.4 Å². The predicted octanol–water partition coefficient (Wildman–Crippen LogP) is 1.39. The van der Waals surface area contributed by atoms with Gasteiger partial charge in [0.2, 0.25) is 5.91 Å². The summed E-state index contributed by atoms with van der Waals surface area (Å²) in [4.78, 5) is 41.5. The molecule has 0 atom stereocenters. The lowest BCUT2D eigenvalue weighted by molar-refractivity contribution is -0.116. The molecule has 0 saturated heterocycles. The van der Waals surface area contributed by atoms with Crippen molar-refractivity contribution in [2.75, 3.05) is 5.32 Å². The lowest BCUT2D eigenvalue weighted by Gasteiger charge is -2.10. The van der Waals surface area contributed by atoms with Crippen LogP contribution >= 0.6 is 11.8 Å². The number of carbonyl (C=O) groups is 1. The van der Waals surface area contributed by atoms with Gasteiger partial charge in [0.25, 0.3) is 11.3 Å². The van der Waals surface area contributed by atoms with Crippen LogP contribution in [0.15, 0.2) is 45.1 Å². The quantitative estimate of drug-likeness (QED) is 0.660. The van der Waals surface area contributed by atoms with Crippen molar-refractivity contribution in [2.24, 2.45) is 14.1 Å². The second kappa shape index (κ2) is 7.35. The van der Waals surface area contributed by atoms with Crippen LogP contribution in [-0.2, 0) is 25.4 Å². The minimum Gasteiger partial charge on any atom is -0.328 e. The van der Waals surface area contributed by atoms with E-state index in [1.165, 1.54) is 46.8 Å². The Morgan fingerprint density at radius 3 is 2.52 bits per heavy atom. The summed E-state index contributed by atoms with van der Waals surface area (Å²) >= 11 is 0.394. The van der Waals surface area contributed by atoms with Gasteiger partial charge in [-0.05, 0) is 24.3 Å². The Balaban J connectivity index is 1.83. The molecule has 0 aliphatic carbocycles. The highest BCUT2D eigenvalue weighted by molar-refractivity contribution is 7.99. The van der Waals surface area contributed by atoms with Crippen LogP contribution in [0, 0.1) is 0 Å². The van der Waals surface area contributed by atoms with E-state index in [0.717, 1.165) is 4.57 Å². The number of nitrogens with one attached hydrogen (secondary N) is 1. The summed E-state index contributed by atoms with van der Waals surface area (Å²) in [6.45, 7) is -0.486. The van der Waals surface area contributed by atoms with Crippen molar-refractivity contribution in [1.82, 2.24) is 18.7 Å². The van der Waals surface area contributed by atoms with Crippen molar-refractivity contribution in [1.29, 1.82) is 0 Å². The summed E-state index contributed by atoms with van der Waals surface area (Å²) in [6, 6.07) is 5.82. The predicted molar refractivity (Wildman–Crippen MR) is 97.1 cm³/mol. The van der Waals surface area contributed by atoms with E-state index in [0.29, 0.717) is 22.3 Å². The van der Waals surface area contributed by atoms with Crippen molar-refractivity contribution in [3.8, 4) is 0 Å². The number of hydrogen-bond acceptors (Lipinski definition) is 5. The third-order valence-corrected chi connectivity index (χ3v) is 4.59. The van der Waals surface area contributed by atoms with E-state index in [2.05, 4.69) is 10.3 Å². The van der Waals surface area contributed by atoms with Gasteiger partial charge in [-0.1, -0.05) is 11.8 Å². The van der Waals surface area contributed by atoms with Gasteiger partial charge in [-0.25, -0.2) is 14.3 Å². The Morgan fingerprint density at radius 1 is 1.22 bits per heavy atom. The molecule has 8 nitrogen and oxygen atoms in total. The fourth-order valence-electron chi connectivity index (χ4n) is 2.60. The topological polar surface area (TPSA) is 90.9 Å². The van der Waals surface area contributed by atoms with E-state index < -0.39 is 29.5 Å². The summed E-state index contributed by atoms with van der Waals surface area (Å²) in [5.74, 6) is -3.12. The van der Waals surface area contributed by atoms with Gasteiger partial charge in [0.1, 0.15) is 6.54 Å². The number of anilines is 1. The van der Waals surface area contributed by atoms with Crippen LogP contribution in [0.2, 0.25) is 0 Å². The van der Waals surface area contributed by atoms with E-state index in [-0.39, 0.29) is 11.2 Å². The van der Waals surface area contributed by atoms with E-state index in [1.807, 2.05) is 0 Å². The molecule has 0 aliphatic heterocycles. The number of thioether (sulfide) groups is 1. The number of carbonyl (C=O) groups excluding carboxylic acids is 1. The highest BCUT2D eigenvalue weighted by Gasteiger charge is 2.17. The van der Waals surface area contributed by atoms with Gasteiger partial charge >= 0.3 is 5.69 Å². The number of benzene rings is 1. The molecule has 0 fully saturated rings. The van der Waals surface area contributed by atoms with Gasteiger partial charge in [-0.2, -0.15) is 8.78 Å². The van der Waals surface area contributed by atoms with Gasteiger partial charge in [0, 0.05) is 24.7 Å². The maximum absolute atomic E-state index is 12.6. The molecule has 0 saturated carbocycles. The molecule has 0 unspecified atom stereocenters. The molecule has 2 heterocycles.